The number of carbonyl (C=O) groups is 2. The zero-order chi connectivity index (χ0) is 18.5. The zero-order valence-corrected chi connectivity index (χ0v) is 16.1. The molecule has 4 rings (SSSR count). The average molecular weight is 360 g/mol. The van der Waals surface area contributed by atoms with Crippen LogP contribution >= 0.6 is 0 Å². The summed E-state index contributed by atoms with van der Waals surface area (Å²) in [5, 5.41) is 4.25. The summed E-state index contributed by atoms with van der Waals surface area (Å²) >= 11 is 0. The van der Waals surface area contributed by atoms with Crippen molar-refractivity contribution in [3.63, 3.8) is 0 Å². The van der Waals surface area contributed by atoms with Crippen molar-refractivity contribution in [2.45, 2.75) is 65.2 Å². The Balaban J connectivity index is 1.57. The second-order valence-corrected chi connectivity index (χ2v) is 9.51. The number of carbonyl (C=O) groups excluding carboxylic acids is 2. The van der Waals surface area contributed by atoms with Crippen molar-refractivity contribution in [3.8, 4) is 0 Å². The Kier molecular flexibility index (Phi) is 4.49. The van der Waals surface area contributed by atoms with E-state index in [4.69, 9.17) is 10.6 Å². The van der Waals surface area contributed by atoms with Crippen LogP contribution in [0.25, 0.3) is 0 Å². The largest absolute Gasteiger partial charge is 0.395 e. The van der Waals surface area contributed by atoms with Crippen LogP contribution in [-0.2, 0) is 14.4 Å². The van der Waals surface area contributed by atoms with Crippen LogP contribution in [-0.4, -0.2) is 30.4 Å². The van der Waals surface area contributed by atoms with E-state index in [2.05, 4.69) is 19.0 Å². The zero-order valence-electron chi connectivity index (χ0n) is 16.1. The van der Waals surface area contributed by atoms with Gasteiger partial charge in [0.25, 0.3) is 0 Å². The van der Waals surface area contributed by atoms with Crippen molar-refractivity contribution >= 4 is 17.3 Å². The summed E-state index contributed by atoms with van der Waals surface area (Å²) in [6, 6.07) is 0. The number of rotatable bonds is 3. The topological polar surface area (TPSA) is 81.8 Å². The fraction of sp³-hybridized carbons (Fsp3) is 0.857. The van der Waals surface area contributed by atoms with Gasteiger partial charge in [-0.1, -0.05) is 19.0 Å². The lowest BCUT2D eigenvalue weighted by Crippen LogP contribution is -2.56. The van der Waals surface area contributed by atoms with E-state index in [1.807, 2.05) is 0 Å². The Morgan fingerprint density at radius 1 is 1.12 bits per heavy atom. The first-order chi connectivity index (χ1) is 12.4. The molecule has 4 aliphatic carbocycles. The van der Waals surface area contributed by atoms with Gasteiger partial charge >= 0.3 is 0 Å². The lowest BCUT2D eigenvalue weighted by Gasteiger charge is -2.58. The van der Waals surface area contributed by atoms with Gasteiger partial charge in [-0.05, 0) is 61.7 Å². The summed E-state index contributed by atoms with van der Waals surface area (Å²) in [6.07, 6.45) is 7.13. The molecule has 26 heavy (non-hydrogen) atoms. The number of Topliss-reactive ketones (excluding diaryl/α,β-unsaturated/α-hetero) is 2. The maximum Gasteiger partial charge on any atom is 0.139 e. The summed E-state index contributed by atoms with van der Waals surface area (Å²) in [4.78, 5) is 30.9. The van der Waals surface area contributed by atoms with Crippen molar-refractivity contribution in [1.29, 1.82) is 0 Å². The van der Waals surface area contributed by atoms with Gasteiger partial charge in [0.15, 0.2) is 0 Å². The van der Waals surface area contributed by atoms with E-state index in [-0.39, 0.29) is 16.7 Å². The first-order valence-electron chi connectivity index (χ1n) is 10.3. The molecule has 0 radical (unpaired) electrons. The van der Waals surface area contributed by atoms with Crippen LogP contribution < -0.4 is 5.73 Å². The van der Waals surface area contributed by atoms with Gasteiger partial charge in [0.05, 0.1) is 5.71 Å². The smallest absolute Gasteiger partial charge is 0.139 e. The van der Waals surface area contributed by atoms with E-state index in [0.29, 0.717) is 55.3 Å². The van der Waals surface area contributed by atoms with Crippen molar-refractivity contribution in [2.24, 2.45) is 45.4 Å². The molecule has 6 atom stereocenters. The van der Waals surface area contributed by atoms with Gasteiger partial charge < -0.3 is 10.6 Å². The van der Waals surface area contributed by atoms with Gasteiger partial charge in [-0.2, -0.15) is 0 Å². The van der Waals surface area contributed by atoms with Crippen molar-refractivity contribution in [3.05, 3.63) is 0 Å². The number of nitrogens with zero attached hydrogens (tertiary/aromatic N) is 1. The summed E-state index contributed by atoms with van der Waals surface area (Å²) in [5.41, 5.74) is 6.37. The SMILES string of the molecule is C[C@@]12CC/C(=N\OCCN)C[C@H]1C(=O)C[C@H]1[C@H]2CC[C@@]2(C)C(=O)CC[C@H]12. The first kappa shape index (κ1) is 18.1. The summed E-state index contributed by atoms with van der Waals surface area (Å²) in [7, 11) is 0. The maximum absolute atomic E-state index is 13.1. The Bertz CT molecular complexity index is 645. The van der Waals surface area contributed by atoms with Gasteiger partial charge in [-0.3, -0.25) is 9.59 Å². The number of nitrogens with two attached hydrogens (primary N) is 1. The van der Waals surface area contributed by atoms with Crippen molar-refractivity contribution in [2.75, 3.05) is 13.2 Å². The van der Waals surface area contributed by atoms with Crippen LogP contribution in [0.15, 0.2) is 5.16 Å². The van der Waals surface area contributed by atoms with E-state index in [9.17, 15) is 9.59 Å². The molecular weight excluding hydrogens is 328 g/mol. The number of ketones is 2. The third-order valence-electron chi connectivity index (χ3n) is 8.41. The highest BCUT2D eigenvalue weighted by molar-refractivity contribution is 5.93. The standard InChI is InChI=1S/C21H32N2O3/c1-20-7-5-13(23-26-10-9-22)11-17(20)18(24)12-14-15-3-4-19(25)21(15,2)8-6-16(14)20/h14-17H,3-12,22H2,1-2H3/b23-13+/t14-,15-,16-,17+,20+,21-/m1/s1. The fourth-order valence-electron chi connectivity index (χ4n) is 6.89. The van der Waals surface area contributed by atoms with Gasteiger partial charge in [0, 0.05) is 30.7 Å². The number of hydrogen-bond donors (Lipinski definition) is 1. The molecule has 5 nitrogen and oxygen atoms in total. The van der Waals surface area contributed by atoms with Gasteiger partial charge in [0.1, 0.15) is 18.2 Å². The lowest BCUT2D eigenvalue weighted by molar-refractivity contribution is -0.152. The molecule has 0 aliphatic heterocycles. The molecule has 2 N–H and O–H groups in total. The molecule has 0 saturated heterocycles. The summed E-state index contributed by atoms with van der Waals surface area (Å²) in [5.74, 6) is 2.29. The normalized spacial score (nSPS) is 46.7. The molecule has 5 heteroatoms. The third-order valence-corrected chi connectivity index (χ3v) is 8.41. The first-order valence-corrected chi connectivity index (χ1v) is 10.3. The van der Waals surface area contributed by atoms with E-state index < -0.39 is 0 Å². The predicted molar refractivity (Wildman–Crippen MR) is 99.6 cm³/mol. The molecule has 0 unspecified atom stereocenters. The average Bonchev–Trinajstić information content (AvgIpc) is 2.92. The Morgan fingerprint density at radius 3 is 2.69 bits per heavy atom. The van der Waals surface area contributed by atoms with Crippen LogP contribution in [0.5, 0.6) is 0 Å². The van der Waals surface area contributed by atoms with Gasteiger partial charge in [0.2, 0.25) is 0 Å². The number of oxime groups is 1. The molecule has 0 aromatic rings. The van der Waals surface area contributed by atoms with E-state index in [0.717, 1.165) is 44.2 Å². The highest BCUT2D eigenvalue weighted by atomic mass is 16.6. The second-order valence-electron chi connectivity index (χ2n) is 9.51. The molecule has 0 heterocycles. The van der Waals surface area contributed by atoms with Gasteiger partial charge in [-0.15, -0.1) is 0 Å². The Hall–Kier alpha value is -1.23. The lowest BCUT2D eigenvalue weighted by atomic mass is 9.45. The van der Waals surface area contributed by atoms with Crippen molar-refractivity contribution in [1.82, 2.24) is 0 Å². The molecule has 144 valence electrons. The maximum atomic E-state index is 13.1. The molecule has 0 aromatic heterocycles. The minimum atomic E-state index is -0.165. The van der Waals surface area contributed by atoms with Crippen LogP contribution in [0.3, 0.4) is 0 Å². The molecule has 0 spiro atoms. The molecule has 4 fully saturated rings. The quantitative estimate of drug-likeness (QED) is 0.619. The fourth-order valence-corrected chi connectivity index (χ4v) is 6.89. The number of hydrogen-bond acceptors (Lipinski definition) is 5. The number of fused-ring (bicyclic) bond motifs is 5. The third kappa shape index (κ3) is 2.57. The molecule has 0 amide bonds. The summed E-state index contributed by atoms with van der Waals surface area (Å²) in [6.45, 7) is 5.39. The second kappa shape index (κ2) is 6.43. The molecular formula is C21H32N2O3. The molecule has 4 saturated carbocycles. The van der Waals surface area contributed by atoms with Crippen LogP contribution in [0.2, 0.25) is 0 Å². The van der Waals surface area contributed by atoms with Crippen LogP contribution in [0.1, 0.15) is 65.2 Å². The highest BCUT2D eigenvalue weighted by Crippen LogP contribution is 2.64. The minimum absolute atomic E-state index is 0.0554. The van der Waals surface area contributed by atoms with E-state index in [1.54, 1.807) is 0 Å². The van der Waals surface area contributed by atoms with Gasteiger partial charge in [-0.25, -0.2) is 0 Å². The minimum Gasteiger partial charge on any atom is -0.395 e. The highest BCUT2D eigenvalue weighted by Gasteiger charge is 2.62. The Morgan fingerprint density at radius 2 is 1.92 bits per heavy atom. The van der Waals surface area contributed by atoms with E-state index in [1.165, 1.54) is 0 Å². The molecule has 0 bridgehead atoms. The van der Waals surface area contributed by atoms with Crippen molar-refractivity contribution < 1.29 is 14.4 Å². The predicted octanol–water partition coefficient (Wildman–Crippen LogP) is 3.11. The van der Waals surface area contributed by atoms with Crippen LogP contribution in [0, 0.1) is 34.5 Å². The van der Waals surface area contributed by atoms with E-state index >= 15 is 0 Å². The summed E-state index contributed by atoms with van der Waals surface area (Å²) < 4.78 is 0. The molecule has 0 aromatic carbocycles. The molecule has 4 aliphatic rings. The Labute approximate surface area is 156 Å². The van der Waals surface area contributed by atoms with Crippen LogP contribution in [0.4, 0.5) is 0 Å². The monoisotopic (exact) mass is 360 g/mol.